The van der Waals surface area contributed by atoms with E-state index in [1.54, 1.807) is 30.3 Å². The maximum Gasteiger partial charge on any atom is 0.287 e. The minimum Gasteiger partial charge on any atom is -0.459 e. The van der Waals surface area contributed by atoms with Gasteiger partial charge in [0.25, 0.3) is 5.91 Å². The van der Waals surface area contributed by atoms with Crippen LogP contribution in [0.1, 0.15) is 29.0 Å². The second-order valence-electron chi connectivity index (χ2n) is 5.78. The molecule has 0 aliphatic carbocycles. The van der Waals surface area contributed by atoms with Crippen LogP contribution < -0.4 is 10.6 Å². The Morgan fingerprint density at radius 3 is 2.35 bits per heavy atom. The normalized spacial score (nSPS) is 13.8. The molecule has 0 unspecified atom stereocenters. The number of anilines is 1. The largest absolute Gasteiger partial charge is 0.459 e. The summed E-state index contributed by atoms with van der Waals surface area (Å²) in [5, 5.41) is 5.10. The monoisotopic (exact) mass is 355 g/mol. The molecule has 1 aromatic heterocycles. The fourth-order valence-corrected chi connectivity index (χ4v) is 2.54. The van der Waals surface area contributed by atoms with Crippen LogP contribution in [0.4, 0.5) is 5.69 Å². The summed E-state index contributed by atoms with van der Waals surface area (Å²) in [7, 11) is 0. The first kappa shape index (κ1) is 17.4. The Morgan fingerprint density at radius 2 is 1.73 bits per heavy atom. The molecule has 4 amide bonds. The molecule has 1 aliphatic rings. The van der Waals surface area contributed by atoms with Crippen molar-refractivity contribution in [1.82, 2.24) is 10.2 Å². The zero-order valence-corrected chi connectivity index (χ0v) is 13.9. The Bertz CT molecular complexity index is 811. The summed E-state index contributed by atoms with van der Waals surface area (Å²) in [4.78, 5) is 48.0. The highest BCUT2D eigenvalue weighted by Gasteiger charge is 2.28. The highest BCUT2D eigenvalue weighted by molar-refractivity contribution is 6.02. The van der Waals surface area contributed by atoms with Gasteiger partial charge in [-0.15, -0.1) is 0 Å². The fourth-order valence-electron chi connectivity index (χ4n) is 2.54. The smallest absolute Gasteiger partial charge is 0.287 e. The average Bonchev–Trinajstić information content (AvgIpc) is 3.27. The summed E-state index contributed by atoms with van der Waals surface area (Å²) < 4.78 is 4.93. The lowest BCUT2D eigenvalue weighted by Crippen LogP contribution is -2.32. The molecule has 26 heavy (non-hydrogen) atoms. The third-order valence-electron chi connectivity index (χ3n) is 3.89. The van der Waals surface area contributed by atoms with Crippen molar-refractivity contribution in [2.24, 2.45) is 0 Å². The Morgan fingerprint density at radius 1 is 1.04 bits per heavy atom. The molecule has 8 nitrogen and oxygen atoms in total. The van der Waals surface area contributed by atoms with E-state index in [1.807, 2.05) is 0 Å². The first-order valence-electron chi connectivity index (χ1n) is 8.06. The molecule has 1 saturated heterocycles. The highest BCUT2D eigenvalue weighted by Crippen LogP contribution is 2.17. The minimum absolute atomic E-state index is 0.133. The molecular formula is C18H17N3O5. The number of amides is 4. The number of imide groups is 1. The summed E-state index contributed by atoms with van der Waals surface area (Å²) >= 11 is 0. The molecule has 1 aliphatic heterocycles. The predicted molar refractivity (Wildman–Crippen MR) is 90.9 cm³/mol. The van der Waals surface area contributed by atoms with Gasteiger partial charge in [0.15, 0.2) is 5.76 Å². The van der Waals surface area contributed by atoms with E-state index >= 15 is 0 Å². The van der Waals surface area contributed by atoms with E-state index in [9.17, 15) is 19.2 Å². The van der Waals surface area contributed by atoms with Crippen molar-refractivity contribution in [3.05, 3.63) is 54.0 Å². The van der Waals surface area contributed by atoms with Gasteiger partial charge in [-0.25, -0.2) is 0 Å². The summed E-state index contributed by atoms with van der Waals surface area (Å²) in [6, 6.07) is 9.90. The summed E-state index contributed by atoms with van der Waals surface area (Å²) in [6.45, 7) is 0.0309. The third-order valence-corrected chi connectivity index (χ3v) is 3.89. The van der Waals surface area contributed by atoms with Gasteiger partial charge in [0, 0.05) is 18.5 Å². The molecule has 0 radical (unpaired) electrons. The number of hydrogen-bond donors (Lipinski definition) is 2. The van der Waals surface area contributed by atoms with Crippen molar-refractivity contribution >= 4 is 29.3 Å². The molecule has 1 aromatic carbocycles. The third kappa shape index (κ3) is 4.15. The minimum atomic E-state index is -0.472. The van der Waals surface area contributed by atoms with Gasteiger partial charge in [0.05, 0.1) is 19.4 Å². The van der Waals surface area contributed by atoms with Crippen LogP contribution in [0.3, 0.4) is 0 Å². The van der Waals surface area contributed by atoms with Gasteiger partial charge >= 0.3 is 0 Å². The number of nitrogens with zero attached hydrogens (tertiary/aromatic N) is 1. The number of likely N-dealkylation sites (tertiary alicyclic amines) is 1. The van der Waals surface area contributed by atoms with Crippen molar-refractivity contribution in [3.8, 4) is 0 Å². The molecule has 0 spiro atoms. The quantitative estimate of drug-likeness (QED) is 0.759. The van der Waals surface area contributed by atoms with Crippen LogP contribution in [0.2, 0.25) is 0 Å². The van der Waals surface area contributed by atoms with Crippen LogP contribution in [0.5, 0.6) is 0 Å². The maximum atomic E-state index is 11.9. The molecule has 2 heterocycles. The van der Waals surface area contributed by atoms with E-state index < -0.39 is 5.91 Å². The van der Waals surface area contributed by atoms with Crippen LogP contribution in [0, 0.1) is 0 Å². The van der Waals surface area contributed by atoms with Gasteiger partial charge in [-0.2, -0.15) is 0 Å². The Kier molecular flexibility index (Phi) is 5.12. The van der Waals surface area contributed by atoms with Gasteiger partial charge in [-0.3, -0.25) is 24.1 Å². The van der Waals surface area contributed by atoms with Crippen LogP contribution in [-0.2, 0) is 20.9 Å². The van der Waals surface area contributed by atoms with E-state index in [0.29, 0.717) is 5.69 Å². The summed E-state index contributed by atoms with van der Waals surface area (Å²) in [5.74, 6) is -1.06. The molecule has 0 saturated carbocycles. The van der Waals surface area contributed by atoms with Crippen molar-refractivity contribution < 1.29 is 23.6 Å². The molecule has 3 rings (SSSR count). The Hall–Kier alpha value is -3.42. The van der Waals surface area contributed by atoms with Gasteiger partial charge in [-0.05, 0) is 29.8 Å². The summed E-state index contributed by atoms with van der Waals surface area (Å²) in [5.41, 5.74) is 1.34. The lowest BCUT2D eigenvalue weighted by atomic mass is 10.2. The molecular weight excluding hydrogens is 338 g/mol. The first-order chi connectivity index (χ1) is 12.5. The van der Waals surface area contributed by atoms with Gasteiger partial charge in [-0.1, -0.05) is 12.1 Å². The topological polar surface area (TPSA) is 109 Å². The van der Waals surface area contributed by atoms with Gasteiger partial charge in [0.2, 0.25) is 17.7 Å². The number of nitrogens with one attached hydrogen (secondary N) is 2. The molecule has 0 atom stereocenters. The van der Waals surface area contributed by atoms with E-state index in [-0.39, 0.29) is 49.4 Å². The maximum absolute atomic E-state index is 11.9. The molecule has 2 N–H and O–H groups in total. The summed E-state index contributed by atoms with van der Waals surface area (Å²) in [6.07, 6.45) is 1.90. The second-order valence-corrected chi connectivity index (χ2v) is 5.78. The van der Waals surface area contributed by atoms with Crippen molar-refractivity contribution in [1.29, 1.82) is 0 Å². The number of carbonyl (C=O) groups is 4. The average molecular weight is 355 g/mol. The number of benzene rings is 1. The predicted octanol–water partition coefficient (Wildman–Crippen LogP) is 1.30. The van der Waals surface area contributed by atoms with Crippen LogP contribution in [-0.4, -0.2) is 35.1 Å². The van der Waals surface area contributed by atoms with E-state index in [4.69, 9.17) is 4.42 Å². The van der Waals surface area contributed by atoms with Crippen LogP contribution in [0.25, 0.3) is 0 Å². The van der Waals surface area contributed by atoms with Gasteiger partial charge in [0.1, 0.15) is 0 Å². The molecule has 8 heteroatoms. The lowest BCUT2D eigenvalue weighted by molar-refractivity contribution is -0.139. The zero-order valence-electron chi connectivity index (χ0n) is 13.9. The zero-order chi connectivity index (χ0) is 18.5. The number of rotatable bonds is 6. The van der Waals surface area contributed by atoms with E-state index in [1.165, 1.54) is 17.2 Å². The number of furan rings is 1. The fraction of sp³-hybridized carbons (Fsp3) is 0.222. The van der Waals surface area contributed by atoms with Crippen molar-refractivity contribution in [2.45, 2.75) is 19.4 Å². The number of carbonyl (C=O) groups excluding carboxylic acids is 4. The Balaban J connectivity index is 1.49. The van der Waals surface area contributed by atoms with Crippen molar-refractivity contribution in [3.63, 3.8) is 0 Å². The van der Waals surface area contributed by atoms with Gasteiger partial charge < -0.3 is 15.1 Å². The molecule has 134 valence electrons. The van der Waals surface area contributed by atoms with Crippen LogP contribution in [0.15, 0.2) is 47.1 Å². The standard InChI is InChI=1S/C18H17N3O5/c22-15(10-19-18(25)14-2-1-9-26-14)20-13-5-3-12(4-6-13)11-21-16(23)7-8-17(21)24/h1-6,9H,7-8,10-11H2,(H,19,25)(H,20,22). The molecule has 2 aromatic rings. The molecule has 0 bridgehead atoms. The Labute approximate surface area is 149 Å². The first-order valence-corrected chi connectivity index (χ1v) is 8.06. The highest BCUT2D eigenvalue weighted by atomic mass is 16.3. The number of hydrogen-bond acceptors (Lipinski definition) is 5. The second kappa shape index (κ2) is 7.64. The van der Waals surface area contributed by atoms with Crippen molar-refractivity contribution in [2.75, 3.05) is 11.9 Å². The molecule has 1 fully saturated rings. The van der Waals surface area contributed by atoms with Crippen LogP contribution >= 0.6 is 0 Å². The van der Waals surface area contributed by atoms with E-state index in [0.717, 1.165) is 5.56 Å². The van der Waals surface area contributed by atoms with E-state index in [2.05, 4.69) is 10.6 Å². The lowest BCUT2D eigenvalue weighted by Gasteiger charge is -2.14. The SMILES string of the molecule is O=C(CNC(=O)c1ccco1)Nc1ccc(CN2C(=O)CCC2=O)cc1.